The molecule has 10 rings (SSSR count). The van der Waals surface area contributed by atoms with E-state index in [1.807, 2.05) is 24.3 Å². The molecule has 2 aromatic carbocycles. The summed E-state index contributed by atoms with van der Waals surface area (Å²) < 4.78 is 45.3. The summed E-state index contributed by atoms with van der Waals surface area (Å²) in [6, 6.07) is 6.92. The van der Waals surface area contributed by atoms with Gasteiger partial charge in [0.15, 0.2) is 16.0 Å². The number of ketones is 2. The standard InChI is InChI=1S/C32H39FN2O7S.C25H37NO7.C7H3ClFNS/c1-31(2,3)42-27(37)13-19-9-7-5-4-6-8-10-20-16-32(20,29(39)40)17-25(36)24-15-22(18-35(24)28(19)38)41-30-34-23-12-11-21(33)14-26(23)43-30;1-24(2,3)33-21(29)11-16-9-7-5-4-6-8-10-17-13-25(17,23(31)32)14-20(28)19-12-18(27)15-26(19)22(16)30;8-7-10-5-2-1-4(9)3-6(5)11-7/h8,10-12,14,19-20,22,24H,4-7,9,13,15-18H2,1-3H3,(H,39,40);8,10,16-19,27H,4-7,9,11-15H2,1-3H3,(H,31,32);1-3H/b2*10-8-;/t19-,20-,22-,24+,32-;16-,17-,18-,19+,25-;/m11./s1. The Morgan fingerprint density at radius 1 is 0.655 bits per heavy atom. The zero-order valence-electron chi connectivity index (χ0n) is 50.1. The van der Waals surface area contributed by atoms with Gasteiger partial charge in [0.25, 0.3) is 5.19 Å². The molecule has 2 saturated heterocycles. The van der Waals surface area contributed by atoms with E-state index in [1.54, 1.807) is 53.7 Å². The predicted octanol–water partition coefficient (Wildman–Crippen LogP) is 11.7. The zero-order valence-corrected chi connectivity index (χ0v) is 52.5. The number of carbonyl (C=O) groups is 8. The highest BCUT2D eigenvalue weighted by Gasteiger charge is 2.62. The summed E-state index contributed by atoms with van der Waals surface area (Å²) in [5.41, 5.74) is -2.33. The van der Waals surface area contributed by atoms with Crippen LogP contribution < -0.4 is 4.74 Å². The molecule has 0 radical (unpaired) electrons. The second kappa shape index (κ2) is 28.1. The van der Waals surface area contributed by atoms with Crippen molar-refractivity contribution in [3.8, 4) is 5.19 Å². The number of carbonyl (C=O) groups excluding carboxylic acids is 6. The fourth-order valence-electron chi connectivity index (χ4n) is 12.3. The molecule has 18 nitrogen and oxygen atoms in total. The van der Waals surface area contributed by atoms with Crippen molar-refractivity contribution in [2.45, 2.75) is 193 Å². The van der Waals surface area contributed by atoms with Gasteiger partial charge < -0.3 is 39.3 Å². The molecule has 472 valence electrons. The van der Waals surface area contributed by atoms with Crippen molar-refractivity contribution in [1.29, 1.82) is 0 Å². The van der Waals surface area contributed by atoms with Crippen molar-refractivity contribution in [3.05, 3.63) is 76.8 Å². The number of aliphatic carboxylic acids is 2. The molecule has 0 unspecified atom stereocenters. The number of Topliss-reactive ketones (excluding diaryl/α,β-unsaturated/α-hetero) is 2. The molecule has 2 amide bonds. The van der Waals surface area contributed by atoms with E-state index in [0.717, 1.165) is 61.6 Å². The predicted molar refractivity (Wildman–Crippen MR) is 323 cm³/mol. The zero-order chi connectivity index (χ0) is 63.2. The smallest absolute Gasteiger partial charge is 0.310 e. The van der Waals surface area contributed by atoms with Crippen LogP contribution in [0, 0.1) is 46.1 Å². The van der Waals surface area contributed by atoms with Crippen molar-refractivity contribution in [1.82, 2.24) is 19.8 Å². The summed E-state index contributed by atoms with van der Waals surface area (Å²) in [6.45, 7) is 10.7. The summed E-state index contributed by atoms with van der Waals surface area (Å²) >= 11 is 8.08. The number of esters is 2. The normalized spacial score (nSPS) is 28.9. The lowest BCUT2D eigenvalue weighted by molar-refractivity contribution is -0.159. The van der Waals surface area contributed by atoms with Crippen LogP contribution in [0.15, 0.2) is 60.7 Å². The minimum atomic E-state index is -1.17. The van der Waals surface area contributed by atoms with Crippen molar-refractivity contribution in [3.63, 3.8) is 0 Å². The lowest BCUT2D eigenvalue weighted by Crippen LogP contribution is -2.45. The highest BCUT2D eigenvalue weighted by atomic mass is 35.5. The summed E-state index contributed by atoms with van der Waals surface area (Å²) in [6.07, 6.45) is 14.5. The number of allylic oxidation sites excluding steroid dienone is 4. The Morgan fingerprint density at radius 3 is 1.60 bits per heavy atom. The number of aliphatic hydroxyl groups is 1. The van der Waals surface area contributed by atoms with Crippen molar-refractivity contribution < 1.29 is 76.7 Å². The summed E-state index contributed by atoms with van der Waals surface area (Å²) in [5.74, 6) is -6.61. The van der Waals surface area contributed by atoms with Gasteiger partial charge in [0.1, 0.15) is 28.9 Å². The molecule has 2 aromatic heterocycles. The number of carboxylic acid groups (broad SMARTS) is 2. The number of halogens is 3. The molecule has 4 fully saturated rings. The number of hydrogen-bond acceptors (Lipinski definition) is 16. The average molecular weight is 1270 g/mol. The Morgan fingerprint density at radius 2 is 1.11 bits per heavy atom. The number of ether oxygens (including phenoxy) is 3. The van der Waals surface area contributed by atoms with Gasteiger partial charge in [-0.25, -0.2) is 18.7 Å². The summed E-state index contributed by atoms with van der Waals surface area (Å²) in [5, 5.41) is 30.5. The fraction of sp³-hybridized carbons (Fsp3) is 0.594. The van der Waals surface area contributed by atoms with Crippen molar-refractivity contribution >= 4 is 102 Å². The third-order valence-corrected chi connectivity index (χ3v) is 18.9. The third-order valence-electron chi connectivity index (χ3n) is 16.8. The first-order valence-electron chi connectivity index (χ1n) is 30.1. The number of benzene rings is 2. The van der Waals surface area contributed by atoms with Crippen LogP contribution in [0.4, 0.5) is 8.78 Å². The number of rotatable bonds is 8. The first kappa shape index (κ1) is 66.7. The van der Waals surface area contributed by atoms with E-state index in [2.05, 4.69) is 9.97 Å². The Bertz CT molecular complexity index is 3280. The monoisotopic (exact) mass is 1260 g/mol. The molecule has 23 heteroatoms. The topological polar surface area (TPSA) is 257 Å². The SMILES string of the molecule is CC(C)(C)OC(=O)C[C@H]1CCCCC/C=C\[C@@H]2C[C@@]2(C(=O)O)CC(=O)[C@@H]2C[C@@H](O)CN2C1=O.CC(C)(C)OC(=O)C[C@H]1CCCCC/C=C\[C@@H]2C[C@@]2(C(=O)O)CC(=O)[C@@H]2C[C@@H](Oc3nc4ccc(F)cc4s3)CN2C1=O.Fc1ccc2nc(Cl)sc2c1. The van der Waals surface area contributed by atoms with Crippen LogP contribution in [-0.2, 0) is 47.8 Å². The number of aromatic nitrogens is 2. The molecule has 6 aliphatic rings. The number of hydrogen-bond donors (Lipinski definition) is 3. The molecule has 87 heavy (non-hydrogen) atoms. The second-order valence-corrected chi connectivity index (χ2v) is 28.6. The fourth-order valence-corrected chi connectivity index (χ4v) is 14.2. The molecular formula is C64H79ClF2N4O14S2. The van der Waals surface area contributed by atoms with Gasteiger partial charge in [-0.05, 0) is 141 Å². The van der Waals surface area contributed by atoms with Gasteiger partial charge in [-0.3, -0.25) is 38.4 Å². The third kappa shape index (κ3) is 17.6. The number of thiazole rings is 2. The molecule has 4 aromatic rings. The molecule has 2 aliphatic carbocycles. The minimum absolute atomic E-state index is 0.0173. The largest absolute Gasteiger partial charge is 0.481 e. The van der Waals surface area contributed by atoms with Crippen LogP contribution in [0.25, 0.3) is 20.4 Å². The molecule has 6 heterocycles. The number of amides is 2. The van der Waals surface area contributed by atoms with Gasteiger partial charge in [-0.1, -0.05) is 72.9 Å². The average Bonchev–Trinajstić information content (AvgIpc) is 1.62. The quantitative estimate of drug-likeness (QED) is 0.109. The molecular weight excluding hydrogens is 1190 g/mol. The lowest BCUT2D eigenvalue weighted by atomic mass is 9.91. The minimum Gasteiger partial charge on any atom is -0.481 e. The Labute approximate surface area is 518 Å². The first-order chi connectivity index (χ1) is 41.0. The van der Waals surface area contributed by atoms with E-state index in [9.17, 15) is 62.5 Å². The highest BCUT2D eigenvalue weighted by molar-refractivity contribution is 7.22. The van der Waals surface area contributed by atoms with Crippen LogP contribution in [0.5, 0.6) is 5.19 Å². The lowest BCUT2D eigenvalue weighted by Gasteiger charge is -2.29. The van der Waals surface area contributed by atoms with E-state index in [4.69, 9.17) is 25.8 Å². The highest BCUT2D eigenvalue weighted by Crippen LogP contribution is 2.58. The van der Waals surface area contributed by atoms with Crippen molar-refractivity contribution in [2.75, 3.05) is 13.1 Å². The Kier molecular flexibility index (Phi) is 21.5. The Hall–Kier alpha value is -6.23. The maximum atomic E-state index is 14.1. The van der Waals surface area contributed by atoms with Crippen LogP contribution in [-0.4, -0.2) is 131 Å². The summed E-state index contributed by atoms with van der Waals surface area (Å²) in [4.78, 5) is 116. The van der Waals surface area contributed by atoms with Crippen LogP contribution >= 0.6 is 34.3 Å². The number of carboxylic acids is 2. The molecule has 0 bridgehead atoms. The van der Waals surface area contributed by atoms with E-state index >= 15 is 0 Å². The summed E-state index contributed by atoms with van der Waals surface area (Å²) in [7, 11) is 0. The second-order valence-electron chi connectivity index (χ2n) is 26.0. The van der Waals surface area contributed by atoms with Crippen LogP contribution in [0.1, 0.15) is 157 Å². The molecule has 2 saturated carbocycles. The van der Waals surface area contributed by atoms with Gasteiger partial charge in [-0.2, -0.15) is 0 Å². The molecule has 0 spiro atoms. The molecule has 4 aliphatic heterocycles. The van der Waals surface area contributed by atoms with E-state index < -0.39 is 82.0 Å². The number of nitrogens with zero attached hydrogens (tertiary/aromatic N) is 4. The van der Waals surface area contributed by atoms with E-state index in [-0.39, 0.29) is 98.5 Å². The van der Waals surface area contributed by atoms with Gasteiger partial charge in [0, 0.05) is 44.1 Å². The number of fused-ring (bicyclic) bond motifs is 6. The van der Waals surface area contributed by atoms with Crippen LogP contribution in [0.3, 0.4) is 0 Å². The maximum absolute atomic E-state index is 14.1. The number of aliphatic hydroxyl groups excluding tert-OH is 1. The first-order valence-corrected chi connectivity index (χ1v) is 32.1. The van der Waals surface area contributed by atoms with Crippen molar-refractivity contribution in [2.24, 2.45) is 34.5 Å². The maximum Gasteiger partial charge on any atom is 0.310 e. The Balaban J connectivity index is 0.000000196. The molecule has 10 atom stereocenters. The van der Waals surface area contributed by atoms with Gasteiger partial charge in [0.2, 0.25) is 11.8 Å². The van der Waals surface area contributed by atoms with Gasteiger partial charge in [0.05, 0.1) is 68.8 Å². The van der Waals surface area contributed by atoms with E-state index in [0.29, 0.717) is 45.6 Å². The van der Waals surface area contributed by atoms with Gasteiger partial charge in [-0.15, -0.1) is 11.3 Å². The molecule has 3 N–H and O–H groups in total. The van der Waals surface area contributed by atoms with Crippen LogP contribution in [0.2, 0.25) is 4.47 Å². The van der Waals surface area contributed by atoms with Gasteiger partial charge >= 0.3 is 23.9 Å². The van der Waals surface area contributed by atoms with E-state index in [1.165, 1.54) is 56.7 Å².